The van der Waals surface area contributed by atoms with Gasteiger partial charge in [-0.2, -0.15) is 0 Å². The fourth-order valence-electron chi connectivity index (χ4n) is 2.29. The van der Waals surface area contributed by atoms with Crippen molar-refractivity contribution >= 4 is 0 Å². The highest BCUT2D eigenvalue weighted by Crippen LogP contribution is 2.16. The zero-order valence-corrected chi connectivity index (χ0v) is 10.8. The van der Waals surface area contributed by atoms with E-state index < -0.39 is 0 Å². The third-order valence-electron chi connectivity index (χ3n) is 3.39. The molecule has 4 heteroatoms. The second-order valence-electron chi connectivity index (χ2n) is 4.76. The van der Waals surface area contributed by atoms with Crippen molar-refractivity contribution in [3.8, 4) is 0 Å². The Kier molecular flexibility index (Phi) is 4.57. The Morgan fingerprint density at radius 2 is 2.29 bits per heavy atom. The summed E-state index contributed by atoms with van der Waals surface area (Å²) in [5.41, 5.74) is 2.19. The first-order chi connectivity index (χ1) is 8.27. The van der Waals surface area contributed by atoms with Gasteiger partial charge in [-0.3, -0.25) is 0 Å². The molecule has 1 aliphatic rings. The summed E-state index contributed by atoms with van der Waals surface area (Å²) in [5.74, 6) is 0.925. The summed E-state index contributed by atoms with van der Waals surface area (Å²) in [6, 6.07) is 0. The highest BCUT2D eigenvalue weighted by Gasteiger charge is 2.14. The maximum atomic E-state index is 5.59. The van der Waals surface area contributed by atoms with Gasteiger partial charge in [-0.15, -0.1) is 0 Å². The fourth-order valence-corrected chi connectivity index (χ4v) is 2.29. The van der Waals surface area contributed by atoms with Gasteiger partial charge in [-0.05, 0) is 46.1 Å². The molecule has 1 aromatic rings. The summed E-state index contributed by atoms with van der Waals surface area (Å²) in [5, 5.41) is 7.38. The van der Waals surface area contributed by atoms with Crippen molar-refractivity contribution in [1.82, 2.24) is 10.5 Å². The van der Waals surface area contributed by atoms with Gasteiger partial charge >= 0.3 is 0 Å². The summed E-state index contributed by atoms with van der Waals surface area (Å²) in [4.78, 5) is 0. The van der Waals surface area contributed by atoms with Gasteiger partial charge in [-0.1, -0.05) is 5.16 Å². The van der Waals surface area contributed by atoms with Gasteiger partial charge in [-0.25, -0.2) is 0 Å². The van der Waals surface area contributed by atoms with E-state index in [-0.39, 0.29) is 0 Å². The Balaban J connectivity index is 1.60. The van der Waals surface area contributed by atoms with Gasteiger partial charge in [0.2, 0.25) is 0 Å². The molecule has 2 heterocycles. The zero-order valence-electron chi connectivity index (χ0n) is 10.8. The van der Waals surface area contributed by atoms with Gasteiger partial charge in [0.15, 0.2) is 0 Å². The van der Waals surface area contributed by atoms with Crippen molar-refractivity contribution in [3.05, 3.63) is 17.0 Å². The molecule has 0 radical (unpaired) electrons. The van der Waals surface area contributed by atoms with E-state index in [4.69, 9.17) is 9.26 Å². The number of ether oxygens (including phenoxy) is 1. The maximum Gasteiger partial charge on any atom is 0.138 e. The lowest BCUT2D eigenvalue weighted by molar-refractivity contribution is 0.102. The van der Waals surface area contributed by atoms with Crippen LogP contribution in [0, 0.1) is 13.8 Å². The standard InChI is InChI=1S/C13H22N2O2/c1-10-13(11(2)17-15-10)9-14-7-3-5-12-6-4-8-16-12/h12,14H,3-9H2,1-2H3. The second kappa shape index (κ2) is 6.17. The summed E-state index contributed by atoms with van der Waals surface area (Å²) >= 11 is 0. The van der Waals surface area contributed by atoms with E-state index in [1.807, 2.05) is 13.8 Å². The third kappa shape index (κ3) is 3.54. The molecular weight excluding hydrogens is 216 g/mol. The molecule has 1 atom stereocenters. The van der Waals surface area contributed by atoms with Crippen molar-refractivity contribution in [2.75, 3.05) is 13.2 Å². The molecule has 96 valence electrons. The number of rotatable bonds is 6. The summed E-state index contributed by atoms with van der Waals surface area (Å²) in [6.07, 6.45) is 5.33. The predicted molar refractivity (Wildman–Crippen MR) is 65.9 cm³/mol. The van der Waals surface area contributed by atoms with Crippen LogP contribution in [0.1, 0.15) is 42.7 Å². The number of nitrogens with zero attached hydrogens (tertiary/aromatic N) is 1. The normalized spacial score (nSPS) is 20.0. The summed E-state index contributed by atoms with van der Waals surface area (Å²) in [6.45, 7) is 6.79. The topological polar surface area (TPSA) is 47.3 Å². The molecule has 0 saturated carbocycles. The van der Waals surface area contributed by atoms with E-state index in [0.717, 1.165) is 31.2 Å². The largest absolute Gasteiger partial charge is 0.378 e. The first kappa shape index (κ1) is 12.6. The Labute approximate surface area is 103 Å². The lowest BCUT2D eigenvalue weighted by Gasteiger charge is -2.09. The Bertz CT molecular complexity index is 324. The van der Waals surface area contributed by atoms with Crippen LogP contribution in [0.2, 0.25) is 0 Å². The number of hydrogen-bond acceptors (Lipinski definition) is 4. The lowest BCUT2D eigenvalue weighted by atomic mass is 10.1. The van der Waals surface area contributed by atoms with Crippen LogP contribution in [0.3, 0.4) is 0 Å². The van der Waals surface area contributed by atoms with Crippen LogP contribution in [-0.2, 0) is 11.3 Å². The van der Waals surface area contributed by atoms with Crippen molar-refractivity contribution in [2.24, 2.45) is 0 Å². The molecule has 0 aromatic carbocycles. The molecule has 17 heavy (non-hydrogen) atoms. The molecule has 1 aliphatic heterocycles. The molecule has 1 aromatic heterocycles. The van der Waals surface area contributed by atoms with E-state index in [1.165, 1.54) is 31.2 Å². The smallest absolute Gasteiger partial charge is 0.138 e. The molecule has 1 N–H and O–H groups in total. The molecule has 1 fully saturated rings. The summed E-state index contributed by atoms with van der Waals surface area (Å²) in [7, 11) is 0. The van der Waals surface area contributed by atoms with E-state index in [1.54, 1.807) is 0 Å². The molecule has 0 amide bonds. The van der Waals surface area contributed by atoms with E-state index in [2.05, 4.69) is 10.5 Å². The number of aromatic nitrogens is 1. The van der Waals surface area contributed by atoms with Crippen molar-refractivity contribution in [2.45, 2.75) is 52.2 Å². The van der Waals surface area contributed by atoms with Crippen LogP contribution >= 0.6 is 0 Å². The minimum absolute atomic E-state index is 0.510. The first-order valence-electron chi connectivity index (χ1n) is 6.51. The molecule has 2 rings (SSSR count). The number of hydrogen-bond donors (Lipinski definition) is 1. The van der Waals surface area contributed by atoms with Crippen molar-refractivity contribution in [1.29, 1.82) is 0 Å². The van der Waals surface area contributed by atoms with Gasteiger partial charge in [0.05, 0.1) is 11.8 Å². The molecule has 0 aliphatic carbocycles. The quantitative estimate of drug-likeness (QED) is 0.773. The molecule has 4 nitrogen and oxygen atoms in total. The SMILES string of the molecule is Cc1noc(C)c1CNCCCC1CCCO1. The van der Waals surface area contributed by atoms with Crippen LogP contribution in [0.5, 0.6) is 0 Å². The molecule has 0 bridgehead atoms. The van der Waals surface area contributed by atoms with Crippen LogP contribution in [0.25, 0.3) is 0 Å². The molecular formula is C13H22N2O2. The Hall–Kier alpha value is -0.870. The van der Waals surface area contributed by atoms with Gasteiger partial charge in [0.1, 0.15) is 5.76 Å². The Morgan fingerprint density at radius 3 is 2.94 bits per heavy atom. The monoisotopic (exact) mass is 238 g/mol. The molecule has 0 spiro atoms. The van der Waals surface area contributed by atoms with Crippen molar-refractivity contribution < 1.29 is 9.26 Å². The number of aryl methyl sites for hydroxylation is 2. The first-order valence-corrected chi connectivity index (χ1v) is 6.51. The lowest BCUT2D eigenvalue weighted by Crippen LogP contribution is -2.17. The van der Waals surface area contributed by atoms with Crippen LogP contribution in [-0.4, -0.2) is 24.4 Å². The highest BCUT2D eigenvalue weighted by atomic mass is 16.5. The van der Waals surface area contributed by atoms with Gasteiger partial charge in [0, 0.05) is 18.7 Å². The van der Waals surface area contributed by atoms with Crippen LogP contribution in [0.4, 0.5) is 0 Å². The predicted octanol–water partition coefficient (Wildman–Crippen LogP) is 2.34. The van der Waals surface area contributed by atoms with Crippen molar-refractivity contribution in [3.63, 3.8) is 0 Å². The van der Waals surface area contributed by atoms with E-state index in [9.17, 15) is 0 Å². The van der Waals surface area contributed by atoms with Crippen LogP contribution < -0.4 is 5.32 Å². The van der Waals surface area contributed by atoms with E-state index in [0.29, 0.717) is 6.10 Å². The minimum atomic E-state index is 0.510. The zero-order chi connectivity index (χ0) is 12.1. The average Bonchev–Trinajstić information content (AvgIpc) is 2.92. The van der Waals surface area contributed by atoms with Gasteiger partial charge < -0.3 is 14.6 Å². The number of nitrogens with one attached hydrogen (secondary N) is 1. The van der Waals surface area contributed by atoms with Gasteiger partial charge in [0.25, 0.3) is 0 Å². The second-order valence-corrected chi connectivity index (χ2v) is 4.76. The summed E-state index contributed by atoms with van der Waals surface area (Å²) < 4.78 is 10.7. The Morgan fingerprint density at radius 1 is 1.41 bits per heavy atom. The maximum absolute atomic E-state index is 5.59. The molecule has 1 saturated heterocycles. The highest BCUT2D eigenvalue weighted by molar-refractivity contribution is 5.20. The minimum Gasteiger partial charge on any atom is -0.378 e. The molecule has 1 unspecified atom stereocenters. The van der Waals surface area contributed by atoms with E-state index >= 15 is 0 Å². The third-order valence-corrected chi connectivity index (χ3v) is 3.39. The fraction of sp³-hybridized carbons (Fsp3) is 0.769. The average molecular weight is 238 g/mol. The van der Waals surface area contributed by atoms with Crippen LogP contribution in [0.15, 0.2) is 4.52 Å².